The highest BCUT2D eigenvalue weighted by atomic mass is 127. The molecule has 10 aromatic rings. The number of hydrogen-bond donors (Lipinski definition) is 0. The van der Waals surface area contributed by atoms with Crippen molar-refractivity contribution >= 4 is 65.8 Å². The number of fused-ring (bicyclic) bond motifs is 6. The van der Waals surface area contributed by atoms with Crippen molar-refractivity contribution in [3.8, 4) is 56.3 Å². The van der Waals surface area contributed by atoms with Crippen molar-refractivity contribution in [1.82, 2.24) is 15.0 Å². The van der Waals surface area contributed by atoms with Gasteiger partial charge in [-0.15, -0.1) is 0 Å². The minimum absolute atomic E-state index is 0.261. The second kappa shape index (κ2) is 13.8. The summed E-state index contributed by atoms with van der Waals surface area (Å²) in [5, 5.41) is 7.93. The van der Waals surface area contributed by atoms with Crippen molar-refractivity contribution in [2.45, 2.75) is 13.8 Å². The summed E-state index contributed by atoms with van der Waals surface area (Å²) in [7, 11) is 0. The first-order valence-corrected chi connectivity index (χ1v) is 19.7. The van der Waals surface area contributed by atoms with Gasteiger partial charge in [-0.1, -0.05) is 115 Å². The lowest BCUT2D eigenvalue weighted by atomic mass is 9.83. The van der Waals surface area contributed by atoms with Crippen LogP contribution in [-0.2, 0) is 0 Å². The first kappa shape index (κ1) is 34.2. The second-order valence-electron chi connectivity index (χ2n) is 14.3. The largest absolute Gasteiger partial charge is 0.247 e. The predicted octanol–water partition coefficient (Wildman–Crippen LogP) is 14.2. The number of nitrogens with zero attached hydrogens (tertiary/aromatic N) is 3. The monoisotopic (exact) mass is 833 g/mol. The Labute approximate surface area is 337 Å². The summed E-state index contributed by atoms with van der Waals surface area (Å²) < 4.78 is 15.6. The van der Waals surface area contributed by atoms with Crippen molar-refractivity contribution in [3.05, 3.63) is 184 Å². The van der Waals surface area contributed by atoms with Crippen LogP contribution in [-0.4, -0.2) is 15.0 Å². The van der Waals surface area contributed by atoms with E-state index >= 15 is 0 Å². The molecule has 2 heterocycles. The fraction of sp³-hybridized carbons (Fsp3) is 0.0392. The van der Waals surface area contributed by atoms with E-state index in [0.29, 0.717) is 5.82 Å². The van der Waals surface area contributed by atoms with Crippen molar-refractivity contribution in [3.63, 3.8) is 0 Å². The van der Waals surface area contributed by atoms with E-state index in [4.69, 9.17) is 15.0 Å². The number of aryl methyl sites for hydroxylation is 2. The molecule has 0 bridgehead atoms. The van der Waals surface area contributed by atoms with Gasteiger partial charge in [0.1, 0.15) is 5.82 Å². The Hall–Kier alpha value is -6.31. The fourth-order valence-electron chi connectivity index (χ4n) is 8.31. The van der Waals surface area contributed by atoms with Gasteiger partial charge in [0.2, 0.25) is 0 Å². The van der Waals surface area contributed by atoms with Gasteiger partial charge in [0, 0.05) is 36.6 Å². The van der Waals surface area contributed by atoms with Gasteiger partial charge in [-0.3, -0.25) is 0 Å². The number of benzene rings is 8. The van der Waals surface area contributed by atoms with Gasteiger partial charge in [0.15, 0.2) is 5.82 Å². The molecular formula is C51H33FIN3. The second-order valence-corrected chi connectivity index (χ2v) is 15.5. The van der Waals surface area contributed by atoms with E-state index in [2.05, 4.69) is 140 Å². The van der Waals surface area contributed by atoms with E-state index in [1.54, 1.807) is 12.1 Å². The lowest BCUT2D eigenvalue weighted by Crippen LogP contribution is -1.99. The maximum absolute atomic E-state index is 14.5. The minimum atomic E-state index is -0.261. The van der Waals surface area contributed by atoms with E-state index < -0.39 is 0 Å². The molecule has 3 nitrogen and oxygen atoms in total. The molecule has 0 saturated heterocycles. The predicted molar refractivity (Wildman–Crippen MR) is 239 cm³/mol. The van der Waals surface area contributed by atoms with Crippen LogP contribution in [0.5, 0.6) is 0 Å². The average Bonchev–Trinajstić information content (AvgIpc) is 3.25. The molecular weight excluding hydrogens is 800 g/mol. The van der Waals surface area contributed by atoms with E-state index in [1.807, 2.05) is 48.5 Å². The van der Waals surface area contributed by atoms with Crippen LogP contribution in [0, 0.1) is 23.2 Å². The maximum Gasteiger partial charge on any atom is 0.160 e. The highest BCUT2D eigenvalue weighted by Gasteiger charge is 2.22. The number of aromatic nitrogens is 3. The Morgan fingerprint density at radius 2 is 1.02 bits per heavy atom. The van der Waals surface area contributed by atoms with Crippen LogP contribution >= 0.6 is 22.6 Å². The standard InChI is InChI=1S/C51H33FIN3/c1-30-47-41-15-9-10-16-43(41)54-50(35-19-24-39(53)25-20-35)49(47)31(2)46-40-26-21-36(27-37(40)28-42(48(30)46)32-17-22-38(52)23-18-32)51-55-44(33-11-5-3-6-12-33)29-45(56-51)34-13-7-4-8-14-34/h3-29H,1-2H3. The third-order valence-corrected chi connectivity index (χ3v) is 11.6. The molecule has 0 N–H and O–H groups in total. The number of rotatable bonds is 5. The molecule has 0 atom stereocenters. The van der Waals surface area contributed by atoms with Gasteiger partial charge >= 0.3 is 0 Å². The average molecular weight is 834 g/mol. The molecule has 0 spiro atoms. The Bertz CT molecular complexity index is 3090. The molecule has 5 heteroatoms. The molecule has 0 aliphatic heterocycles. The molecule has 8 aromatic carbocycles. The molecule has 10 rings (SSSR count). The van der Waals surface area contributed by atoms with Crippen LogP contribution in [0.3, 0.4) is 0 Å². The normalized spacial score (nSPS) is 11.6. The summed E-state index contributed by atoms with van der Waals surface area (Å²) in [6.07, 6.45) is 0. The fourth-order valence-corrected chi connectivity index (χ4v) is 8.66. The molecule has 0 saturated carbocycles. The number of pyridine rings is 1. The third kappa shape index (κ3) is 5.82. The van der Waals surface area contributed by atoms with Crippen molar-refractivity contribution in [2.24, 2.45) is 0 Å². The number of hydrogen-bond acceptors (Lipinski definition) is 3. The smallest absolute Gasteiger partial charge is 0.160 e. The van der Waals surface area contributed by atoms with E-state index in [0.717, 1.165) is 93.9 Å². The van der Waals surface area contributed by atoms with Crippen LogP contribution in [0.25, 0.3) is 99.5 Å². The SMILES string of the molecule is Cc1c2c(-c3ccc(I)cc3)nc3ccccc3c2c(C)c2c(-c3ccc(F)cc3)cc3cc(-c4nc(-c5ccccc5)cc(-c5ccccc5)n4)ccc3c12. The van der Waals surface area contributed by atoms with E-state index in [-0.39, 0.29) is 5.82 Å². The molecule has 0 fully saturated rings. The molecule has 0 amide bonds. The summed E-state index contributed by atoms with van der Waals surface area (Å²) in [6.45, 7) is 4.46. The quantitative estimate of drug-likeness (QED) is 0.0985. The minimum Gasteiger partial charge on any atom is -0.247 e. The third-order valence-electron chi connectivity index (χ3n) is 10.9. The Morgan fingerprint density at radius 3 is 1.70 bits per heavy atom. The zero-order chi connectivity index (χ0) is 37.9. The van der Waals surface area contributed by atoms with E-state index in [1.165, 1.54) is 14.5 Å². The zero-order valence-electron chi connectivity index (χ0n) is 30.7. The van der Waals surface area contributed by atoms with Crippen LogP contribution < -0.4 is 0 Å². The highest BCUT2D eigenvalue weighted by molar-refractivity contribution is 14.1. The maximum atomic E-state index is 14.5. The summed E-state index contributed by atoms with van der Waals surface area (Å²) in [4.78, 5) is 15.6. The Balaban J connectivity index is 1.30. The highest BCUT2D eigenvalue weighted by Crippen LogP contribution is 2.47. The van der Waals surface area contributed by atoms with Crippen LogP contribution in [0.1, 0.15) is 11.1 Å². The van der Waals surface area contributed by atoms with Gasteiger partial charge in [-0.25, -0.2) is 19.3 Å². The van der Waals surface area contributed by atoms with Crippen LogP contribution in [0.4, 0.5) is 4.39 Å². The van der Waals surface area contributed by atoms with Gasteiger partial charge in [-0.05, 0) is 134 Å². The van der Waals surface area contributed by atoms with E-state index in [9.17, 15) is 4.39 Å². The lowest BCUT2D eigenvalue weighted by Gasteiger charge is -2.21. The van der Waals surface area contributed by atoms with Gasteiger partial charge in [0.25, 0.3) is 0 Å². The molecule has 0 unspecified atom stereocenters. The van der Waals surface area contributed by atoms with Crippen molar-refractivity contribution in [2.75, 3.05) is 0 Å². The van der Waals surface area contributed by atoms with Crippen molar-refractivity contribution < 1.29 is 4.39 Å². The van der Waals surface area contributed by atoms with Crippen LogP contribution in [0.2, 0.25) is 0 Å². The zero-order valence-corrected chi connectivity index (χ0v) is 32.8. The molecule has 0 aliphatic rings. The van der Waals surface area contributed by atoms with Gasteiger partial charge in [-0.2, -0.15) is 0 Å². The Morgan fingerprint density at radius 1 is 0.446 bits per heavy atom. The molecule has 2 aromatic heterocycles. The summed E-state index contributed by atoms with van der Waals surface area (Å²) in [6, 6.07) is 55.3. The van der Waals surface area contributed by atoms with Crippen LogP contribution in [0.15, 0.2) is 164 Å². The molecule has 266 valence electrons. The summed E-state index contributed by atoms with van der Waals surface area (Å²) in [5.74, 6) is 0.391. The number of halogens is 2. The first-order valence-electron chi connectivity index (χ1n) is 18.7. The number of para-hydroxylation sites is 1. The first-order chi connectivity index (χ1) is 27.4. The lowest BCUT2D eigenvalue weighted by molar-refractivity contribution is 0.628. The molecule has 0 aliphatic carbocycles. The summed E-state index contributed by atoms with van der Waals surface area (Å²) in [5.41, 5.74) is 12.0. The van der Waals surface area contributed by atoms with Gasteiger partial charge < -0.3 is 0 Å². The molecule has 0 radical (unpaired) electrons. The summed E-state index contributed by atoms with van der Waals surface area (Å²) >= 11 is 2.36. The Kier molecular flexibility index (Phi) is 8.41. The van der Waals surface area contributed by atoms with Crippen molar-refractivity contribution in [1.29, 1.82) is 0 Å². The molecule has 56 heavy (non-hydrogen) atoms. The topological polar surface area (TPSA) is 38.7 Å². The van der Waals surface area contributed by atoms with Gasteiger partial charge in [0.05, 0.1) is 22.6 Å².